The zero-order valence-corrected chi connectivity index (χ0v) is 20.2. The molecule has 2 saturated carbocycles. The third kappa shape index (κ3) is 5.95. The third-order valence-corrected chi connectivity index (χ3v) is 6.31. The number of anilines is 2. The van der Waals surface area contributed by atoms with Gasteiger partial charge >= 0.3 is 12.5 Å². The number of nitrogens with one attached hydrogen (secondary N) is 3. The van der Waals surface area contributed by atoms with Crippen LogP contribution in [0.1, 0.15) is 68.4 Å². The minimum atomic E-state index is -4.77. The van der Waals surface area contributed by atoms with Crippen LogP contribution in [0.2, 0.25) is 0 Å². The second-order valence-corrected chi connectivity index (χ2v) is 9.69. The Hall–Kier alpha value is -3.42. The zero-order chi connectivity index (χ0) is 26.3. The Bertz CT molecular complexity index is 1270. The molecule has 3 aromatic rings. The first-order valence-corrected chi connectivity index (χ1v) is 12.1. The van der Waals surface area contributed by atoms with Gasteiger partial charge in [-0.05, 0) is 45.6 Å². The summed E-state index contributed by atoms with van der Waals surface area (Å²) in [6.45, 7) is 2.84. The highest BCUT2D eigenvalue weighted by Gasteiger charge is 2.41. The van der Waals surface area contributed by atoms with Crippen LogP contribution in [0.15, 0.2) is 18.3 Å². The minimum Gasteiger partial charge on any atom is -0.443 e. The van der Waals surface area contributed by atoms with E-state index in [-0.39, 0.29) is 17.7 Å². The van der Waals surface area contributed by atoms with Gasteiger partial charge in [-0.1, -0.05) is 0 Å². The number of halogens is 4. The molecular weight excluding hydrogens is 498 g/mol. The summed E-state index contributed by atoms with van der Waals surface area (Å²) < 4.78 is 63.2. The molecular formula is C23H27F4N7O3. The van der Waals surface area contributed by atoms with Gasteiger partial charge in [0, 0.05) is 29.6 Å². The van der Waals surface area contributed by atoms with Gasteiger partial charge in [0.15, 0.2) is 11.6 Å². The quantitative estimate of drug-likeness (QED) is 0.361. The van der Waals surface area contributed by atoms with E-state index in [4.69, 9.17) is 4.74 Å². The summed E-state index contributed by atoms with van der Waals surface area (Å²) in [7, 11) is 0. The maximum Gasteiger partial charge on any atom is 0.522 e. The van der Waals surface area contributed by atoms with Crippen molar-refractivity contribution >= 4 is 23.2 Å². The summed E-state index contributed by atoms with van der Waals surface area (Å²) in [6, 6.07) is 3.00. The van der Waals surface area contributed by atoms with Crippen LogP contribution < -0.4 is 10.6 Å². The zero-order valence-electron chi connectivity index (χ0n) is 20.2. The molecule has 0 spiro atoms. The van der Waals surface area contributed by atoms with Crippen molar-refractivity contribution in [2.24, 2.45) is 0 Å². The number of carbonyl (C=O) groups excluding carboxylic acids is 1. The number of carbonyl (C=O) groups is 1. The van der Waals surface area contributed by atoms with Crippen molar-refractivity contribution < 1.29 is 31.8 Å². The molecule has 200 valence electrons. The Morgan fingerprint density at radius 2 is 2.03 bits per heavy atom. The smallest absolute Gasteiger partial charge is 0.443 e. The molecule has 3 N–H and O–H groups in total. The fourth-order valence-electron chi connectivity index (χ4n) is 4.45. The summed E-state index contributed by atoms with van der Waals surface area (Å²) >= 11 is 0. The van der Waals surface area contributed by atoms with Gasteiger partial charge in [-0.3, -0.25) is 9.84 Å². The Labute approximate surface area is 209 Å². The fourth-order valence-corrected chi connectivity index (χ4v) is 4.45. The van der Waals surface area contributed by atoms with Crippen LogP contribution in [0.5, 0.6) is 0 Å². The van der Waals surface area contributed by atoms with Gasteiger partial charge in [0.25, 0.3) is 0 Å². The second-order valence-electron chi connectivity index (χ2n) is 9.69. The lowest BCUT2D eigenvalue weighted by Gasteiger charge is -2.18. The largest absolute Gasteiger partial charge is 0.522 e. The van der Waals surface area contributed by atoms with Crippen molar-refractivity contribution in [1.82, 2.24) is 30.1 Å². The Kier molecular flexibility index (Phi) is 6.68. The number of nitrogens with zero attached hydrogens (tertiary/aromatic N) is 4. The second kappa shape index (κ2) is 9.80. The number of aromatic nitrogens is 5. The normalized spacial score (nSPS) is 22.1. The molecule has 1 amide bonds. The minimum absolute atomic E-state index is 0.0941. The van der Waals surface area contributed by atoms with Crippen LogP contribution in [0.3, 0.4) is 0 Å². The lowest BCUT2D eigenvalue weighted by atomic mass is 10.0. The number of hydrogen-bond donors (Lipinski definition) is 3. The number of rotatable bonds is 8. The highest BCUT2D eigenvalue weighted by atomic mass is 19.4. The molecule has 3 heterocycles. The molecule has 0 aliphatic heterocycles. The molecule has 3 atom stereocenters. The molecule has 0 saturated heterocycles. The summed E-state index contributed by atoms with van der Waals surface area (Å²) in [5.41, 5.74) is 1.84. The molecule has 37 heavy (non-hydrogen) atoms. The molecule has 5 rings (SSSR count). The van der Waals surface area contributed by atoms with Crippen molar-refractivity contribution in [2.75, 3.05) is 5.32 Å². The van der Waals surface area contributed by atoms with Crippen molar-refractivity contribution in [3.05, 3.63) is 35.4 Å². The van der Waals surface area contributed by atoms with Crippen molar-refractivity contribution in [3.8, 4) is 0 Å². The van der Waals surface area contributed by atoms with E-state index < -0.39 is 37.3 Å². The van der Waals surface area contributed by atoms with Crippen molar-refractivity contribution in [1.29, 1.82) is 0 Å². The van der Waals surface area contributed by atoms with Crippen LogP contribution in [0.4, 0.5) is 34.0 Å². The van der Waals surface area contributed by atoms with Crippen molar-refractivity contribution in [3.63, 3.8) is 0 Å². The monoisotopic (exact) mass is 525 g/mol. The summed E-state index contributed by atoms with van der Waals surface area (Å²) in [5.74, 6) is 0.449. The average molecular weight is 526 g/mol. The number of alkyl carbamates (subject to hydrolysis) is 1. The van der Waals surface area contributed by atoms with Crippen LogP contribution in [-0.4, -0.2) is 55.6 Å². The number of amides is 1. The SMILES string of the molecule is CC(C)NC(=O)O[C@@H]1CC[C@H](c2cc(Nc3nc(C4CC4)cn4nc(COC(F)(F)F)cc34)n[nH]2)[C@@H]1F. The van der Waals surface area contributed by atoms with Gasteiger partial charge in [-0.2, -0.15) is 10.2 Å². The van der Waals surface area contributed by atoms with E-state index in [9.17, 15) is 18.0 Å². The molecule has 0 bridgehead atoms. The molecule has 0 radical (unpaired) electrons. The number of alkyl halides is 4. The first-order chi connectivity index (χ1) is 17.6. The van der Waals surface area contributed by atoms with Crippen molar-refractivity contribution in [2.45, 2.75) is 82.7 Å². The third-order valence-electron chi connectivity index (χ3n) is 6.31. The number of ether oxygens (including phenoxy) is 2. The predicted octanol–water partition coefficient (Wildman–Crippen LogP) is 4.83. The van der Waals surface area contributed by atoms with Crippen LogP contribution in [-0.2, 0) is 16.1 Å². The molecule has 0 unspecified atom stereocenters. The van der Waals surface area contributed by atoms with Gasteiger partial charge in [0.05, 0.1) is 17.6 Å². The predicted molar refractivity (Wildman–Crippen MR) is 123 cm³/mol. The lowest BCUT2D eigenvalue weighted by Crippen LogP contribution is -2.36. The molecule has 14 heteroatoms. The van der Waals surface area contributed by atoms with Crippen LogP contribution in [0, 0.1) is 0 Å². The molecule has 10 nitrogen and oxygen atoms in total. The Balaban J connectivity index is 1.32. The molecule has 2 aliphatic carbocycles. The van der Waals surface area contributed by atoms with E-state index in [2.05, 4.69) is 35.7 Å². The molecule has 0 aromatic carbocycles. The summed E-state index contributed by atoms with van der Waals surface area (Å²) in [4.78, 5) is 16.5. The van der Waals surface area contributed by atoms with Gasteiger partial charge in [-0.15, -0.1) is 13.2 Å². The van der Waals surface area contributed by atoms with E-state index in [0.717, 1.165) is 18.5 Å². The van der Waals surface area contributed by atoms with E-state index in [0.29, 0.717) is 35.7 Å². The molecule has 2 aliphatic rings. The Morgan fingerprint density at radius 1 is 1.24 bits per heavy atom. The first-order valence-electron chi connectivity index (χ1n) is 12.1. The van der Waals surface area contributed by atoms with Gasteiger partial charge in [0.1, 0.15) is 24.4 Å². The topological polar surface area (TPSA) is 118 Å². The number of aromatic amines is 1. The van der Waals surface area contributed by atoms with E-state index in [1.165, 1.54) is 10.6 Å². The lowest BCUT2D eigenvalue weighted by molar-refractivity contribution is -0.330. The molecule has 2 fully saturated rings. The maximum absolute atomic E-state index is 15.1. The van der Waals surface area contributed by atoms with Gasteiger partial charge < -0.3 is 15.4 Å². The number of fused-ring (bicyclic) bond motifs is 1. The number of H-pyrrole nitrogens is 1. The molecule has 3 aromatic heterocycles. The number of hydrogen-bond acceptors (Lipinski definition) is 7. The average Bonchev–Trinajstić information content (AvgIpc) is 3.25. The van der Waals surface area contributed by atoms with Crippen LogP contribution >= 0.6 is 0 Å². The summed E-state index contributed by atoms with van der Waals surface area (Å²) in [5, 5.41) is 16.9. The first kappa shape index (κ1) is 25.2. The van der Waals surface area contributed by atoms with Gasteiger partial charge in [-0.25, -0.2) is 18.7 Å². The Morgan fingerprint density at radius 3 is 2.73 bits per heavy atom. The highest BCUT2D eigenvalue weighted by Crippen LogP contribution is 2.41. The standard InChI is InChI=1S/C23H27F4N7O3/c1-11(2)28-22(35)37-18-6-5-14(20(18)24)15-8-19(32-31-15)30-21-17-7-13(10-36-23(25,26)27)33-34(17)9-16(29-21)12-3-4-12/h7-9,11-12,14,18,20H,3-6,10H2,1-2H3,(H,28,35)(H2,29,30,31,32)/t14-,18-,20+/m1/s1. The van der Waals surface area contributed by atoms with Crippen LogP contribution in [0.25, 0.3) is 5.52 Å². The fraction of sp³-hybridized carbons (Fsp3) is 0.565. The van der Waals surface area contributed by atoms with E-state index >= 15 is 4.39 Å². The maximum atomic E-state index is 15.1. The highest BCUT2D eigenvalue weighted by molar-refractivity contribution is 5.73. The van der Waals surface area contributed by atoms with E-state index in [1.54, 1.807) is 26.1 Å². The van der Waals surface area contributed by atoms with Gasteiger partial charge in [0.2, 0.25) is 0 Å². The van der Waals surface area contributed by atoms with E-state index in [1.807, 2.05) is 0 Å². The summed E-state index contributed by atoms with van der Waals surface area (Å²) in [6.07, 6.45) is -3.20.